The minimum atomic E-state index is 0.362. The van der Waals surface area contributed by atoms with Crippen LogP contribution in [0.5, 0.6) is 17.2 Å². The summed E-state index contributed by atoms with van der Waals surface area (Å²) in [5.74, 6) is 1.84. The van der Waals surface area contributed by atoms with Gasteiger partial charge in [-0.25, -0.2) is 0 Å². The van der Waals surface area contributed by atoms with Crippen LogP contribution in [0.25, 0.3) is 0 Å². The Morgan fingerprint density at radius 1 is 1.16 bits per heavy atom. The van der Waals surface area contributed by atoms with Gasteiger partial charge >= 0.3 is 0 Å². The van der Waals surface area contributed by atoms with E-state index in [-0.39, 0.29) is 0 Å². The number of carbonyl (C=O) groups is 1. The van der Waals surface area contributed by atoms with Crippen LogP contribution >= 0.6 is 11.6 Å². The number of hydrogen-bond donors (Lipinski definition) is 0. The average molecular weight is 277 g/mol. The molecule has 0 aliphatic carbocycles. The third kappa shape index (κ3) is 3.26. The van der Waals surface area contributed by atoms with Crippen molar-refractivity contribution in [1.29, 1.82) is 0 Å². The first kappa shape index (κ1) is 13.4. The molecule has 0 aliphatic heterocycles. The fourth-order valence-electron chi connectivity index (χ4n) is 1.60. The van der Waals surface area contributed by atoms with Crippen LogP contribution in [-0.4, -0.2) is 12.9 Å². The van der Waals surface area contributed by atoms with Crippen LogP contribution in [0.3, 0.4) is 0 Å². The Labute approximate surface area is 116 Å². The van der Waals surface area contributed by atoms with Gasteiger partial charge in [-0.15, -0.1) is 0 Å². The predicted octanol–water partition coefficient (Wildman–Crippen LogP) is 4.34. The van der Waals surface area contributed by atoms with E-state index in [0.29, 0.717) is 40.7 Å². The zero-order valence-electron chi connectivity index (χ0n) is 10.4. The molecular weight excluding hydrogens is 264 g/mol. The van der Waals surface area contributed by atoms with Crippen LogP contribution < -0.4 is 9.47 Å². The summed E-state index contributed by atoms with van der Waals surface area (Å²) in [5, 5.41) is 0.362. The zero-order valence-corrected chi connectivity index (χ0v) is 11.2. The van der Waals surface area contributed by atoms with Crippen molar-refractivity contribution in [3.63, 3.8) is 0 Å². The highest BCUT2D eigenvalue weighted by atomic mass is 35.5. The Morgan fingerprint density at radius 3 is 2.53 bits per heavy atom. The van der Waals surface area contributed by atoms with E-state index in [2.05, 4.69) is 0 Å². The van der Waals surface area contributed by atoms with Crippen molar-refractivity contribution in [2.75, 3.05) is 6.61 Å². The number of rotatable bonds is 5. The third-order valence-electron chi connectivity index (χ3n) is 2.48. The quantitative estimate of drug-likeness (QED) is 0.762. The van der Waals surface area contributed by atoms with E-state index in [9.17, 15) is 4.79 Å². The molecule has 2 aromatic carbocycles. The molecule has 0 fully saturated rings. The first-order chi connectivity index (χ1) is 9.24. The van der Waals surface area contributed by atoms with Gasteiger partial charge < -0.3 is 9.47 Å². The van der Waals surface area contributed by atoms with Crippen LogP contribution in [0.4, 0.5) is 0 Å². The summed E-state index contributed by atoms with van der Waals surface area (Å²) in [7, 11) is 0. The fourth-order valence-corrected chi connectivity index (χ4v) is 1.82. The Kier molecular flexibility index (Phi) is 4.42. The summed E-state index contributed by atoms with van der Waals surface area (Å²) >= 11 is 5.95. The predicted molar refractivity (Wildman–Crippen MR) is 74.5 cm³/mol. The maximum atomic E-state index is 10.7. The van der Waals surface area contributed by atoms with Gasteiger partial charge in [0.25, 0.3) is 0 Å². The monoisotopic (exact) mass is 276 g/mol. The summed E-state index contributed by atoms with van der Waals surface area (Å²) in [4.78, 5) is 10.7. The van der Waals surface area contributed by atoms with Crippen LogP contribution in [0.2, 0.25) is 5.02 Å². The van der Waals surface area contributed by atoms with Gasteiger partial charge in [0, 0.05) is 11.6 Å². The van der Waals surface area contributed by atoms with Gasteiger partial charge in [0.2, 0.25) is 0 Å². The lowest BCUT2D eigenvalue weighted by molar-refractivity contribution is 0.112. The van der Waals surface area contributed by atoms with Gasteiger partial charge in [0.1, 0.15) is 5.75 Å². The van der Waals surface area contributed by atoms with Crippen LogP contribution in [0.15, 0.2) is 42.5 Å². The standard InChI is InChI=1S/C15H13ClO3/c1-2-18-14-5-3-4-6-15(14)19-12-8-7-11(10-17)13(16)9-12/h3-10H,2H2,1H3. The smallest absolute Gasteiger partial charge is 0.169 e. The maximum Gasteiger partial charge on any atom is 0.169 e. The van der Waals surface area contributed by atoms with Gasteiger partial charge in [-0.3, -0.25) is 4.79 Å². The largest absolute Gasteiger partial charge is 0.490 e. The molecule has 0 amide bonds. The van der Waals surface area contributed by atoms with Crippen molar-refractivity contribution >= 4 is 17.9 Å². The molecular formula is C15H13ClO3. The summed E-state index contributed by atoms with van der Waals surface area (Å²) in [6.07, 6.45) is 0.709. The number of benzene rings is 2. The second-order valence-corrected chi connectivity index (χ2v) is 4.19. The highest BCUT2D eigenvalue weighted by Gasteiger charge is 2.07. The van der Waals surface area contributed by atoms with E-state index in [1.54, 1.807) is 18.2 Å². The van der Waals surface area contributed by atoms with Gasteiger partial charge in [0.05, 0.1) is 11.6 Å². The molecule has 98 valence electrons. The molecule has 2 rings (SSSR count). The van der Waals surface area contributed by atoms with Crippen LogP contribution in [0.1, 0.15) is 17.3 Å². The second kappa shape index (κ2) is 6.25. The number of carbonyl (C=O) groups excluding carboxylic acids is 1. The Bertz CT molecular complexity index is 581. The molecule has 0 aliphatic rings. The first-order valence-electron chi connectivity index (χ1n) is 5.89. The molecule has 0 spiro atoms. The Morgan fingerprint density at radius 2 is 1.89 bits per heavy atom. The van der Waals surface area contributed by atoms with Crippen molar-refractivity contribution in [3.05, 3.63) is 53.1 Å². The molecule has 0 atom stereocenters. The number of aldehydes is 1. The number of halogens is 1. The minimum Gasteiger partial charge on any atom is -0.490 e. The summed E-state index contributed by atoms with van der Waals surface area (Å²) < 4.78 is 11.2. The van der Waals surface area contributed by atoms with E-state index in [1.807, 2.05) is 31.2 Å². The lowest BCUT2D eigenvalue weighted by Crippen LogP contribution is -1.95. The van der Waals surface area contributed by atoms with E-state index in [4.69, 9.17) is 21.1 Å². The van der Waals surface area contributed by atoms with E-state index in [1.165, 1.54) is 0 Å². The molecule has 0 N–H and O–H groups in total. The van der Waals surface area contributed by atoms with Crippen molar-refractivity contribution in [1.82, 2.24) is 0 Å². The molecule has 19 heavy (non-hydrogen) atoms. The highest BCUT2D eigenvalue weighted by molar-refractivity contribution is 6.33. The number of ether oxygens (including phenoxy) is 2. The minimum absolute atomic E-state index is 0.362. The van der Waals surface area contributed by atoms with Gasteiger partial charge in [-0.05, 0) is 31.2 Å². The van der Waals surface area contributed by atoms with Gasteiger partial charge in [-0.2, -0.15) is 0 Å². The van der Waals surface area contributed by atoms with Gasteiger partial charge in [0.15, 0.2) is 17.8 Å². The molecule has 4 heteroatoms. The Balaban J connectivity index is 2.26. The zero-order chi connectivity index (χ0) is 13.7. The summed E-state index contributed by atoms with van der Waals surface area (Å²) in [6.45, 7) is 2.47. The van der Waals surface area contributed by atoms with Crippen molar-refractivity contribution in [2.45, 2.75) is 6.92 Å². The second-order valence-electron chi connectivity index (χ2n) is 3.78. The molecule has 0 saturated carbocycles. The topological polar surface area (TPSA) is 35.5 Å². The molecule has 0 heterocycles. The molecule has 0 radical (unpaired) electrons. The van der Waals surface area contributed by atoms with Crippen LogP contribution in [0, 0.1) is 0 Å². The average Bonchev–Trinajstić information content (AvgIpc) is 2.41. The molecule has 0 saturated heterocycles. The van der Waals surface area contributed by atoms with E-state index in [0.717, 1.165) is 0 Å². The Hall–Kier alpha value is -2.00. The number of para-hydroxylation sites is 2. The lowest BCUT2D eigenvalue weighted by Gasteiger charge is -2.11. The molecule has 3 nitrogen and oxygen atoms in total. The number of hydrogen-bond acceptors (Lipinski definition) is 3. The molecule has 0 aromatic heterocycles. The van der Waals surface area contributed by atoms with Crippen molar-refractivity contribution < 1.29 is 14.3 Å². The normalized spacial score (nSPS) is 10.0. The fraction of sp³-hybridized carbons (Fsp3) is 0.133. The maximum absolute atomic E-state index is 10.7. The molecule has 0 bridgehead atoms. The molecule has 2 aromatic rings. The van der Waals surface area contributed by atoms with Crippen molar-refractivity contribution in [2.24, 2.45) is 0 Å². The summed E-state index contributed by atoms with van der Waals surface area (Å²) in [6, 6.07) is 12.3. The third-order valence-corrected chi connectivity index (χ3v) is 2.80. The SMILES string of the molecule is CCOc1ccccc1Oc1ccc(C=O)c(Cl)c1. The van der Waals surface area contributed by atoms with Crippen molar-refractivity contribution in [3.8, 4) is 17.2 Å². The highest BCUT2D eigenvalue weighted by Crippen LogP contribution is 2.32. The van der Waals surface area contributed by atoms with E-state index < -0.39 is 0 Å². The van der Waals surface area contributed by atoms with Crippen LogP contribution in [-0.2, 0) is 0 Å². The van der Waals surface area contributed by atoms with E-state index >= 15 is 0 Å². The summed E-state index contributed by atoms with van der Waals surface area (Å²) in [5.41, 5.74) is 0.437. The molecule has 0 unspecified atom stereocenters. The lowest BCUT2D eigenvalue weighted by atomic mass is 10.2. The first-order valence-corrected chi connectivity index (χ1v) is 6.26. The van der Waals surface area contributed by atoms with Gasteiger partial charge in [-0.1, -0.05) is 23.7 Å².